The van der Waals surface area contributed by atoms with Crippen molar-refractivity contribution in [2.75, 3.05) is 0 Å². The van der Waals surface area contributed by atoms with Crippen molar-refractivity contribution in [3.05, 3.63) is 0 Å². The first-order valence-electron chi connectivity index (χ1n) is 5.96. The van der Waals surface area contributed by atoms with Crippen molar-refractivity contribution in [1.29, 1.82) is 0 Å². The molecule has 0 aliphatic heterocycles. The molecule has 0 aromatic rings. The van der Waals surface area contributed by atoms with Crippen LogP contribution in [-0.2, 0) is 9.53 Å². The lowest BCUT2D eigenvalue weighted by molar-refractivity contribution is -0.373. The number of esters is 1. The summed E-state index contributed by atoms with van der Waals surface area (Å²) in [5.74, 6) is -0.906. The molecular weight excluding hydrogens is 421 g/mol. The number of carbonyl (C=O) groups is 1. The van der Waals surface area contributed by atoms with Crippen LogP contribution >= 0.6 is 22.6 Å². The third-order valence-electron chi connectivity index (χ3n) is 2.64. The molecule has 0 rings (SSSR count). The second-order valence-corrected chi connectivity index (χ2v) is 6.07. The Morgan fingerprint density at radius 3 is 1.95 bits per heavy atom. The first-order valence-corrected chi connectivity index (χ1v) is 7.21. The lowest BCUT2D eigenvalue weighted by Crippen LogP contribution is -2.58. The molecule has 0 saturated heterocycles. The van der Waals surface area contributed by atoms with Gasteiger partial charge in [-0.3, -0.25) is 4.79 Å². The average Bonchev–Trinajstić information content (AvgIpc) is 2.25. The third-order valence-corrected chi connectivity index (χ3v) is 3.77. The van der Waals surface area contributed by atoms with Crippen molar-refractivity contribution >= 4 is 28.6 Å². The minimum absolute atomic E-state index is 0.384. The zero-order chi connectivity index (χ0) is 17.1. The lowest BCUT2D eigenvalue weighted by Gasteiger charge is -2.34. The topological polar surface area (TPSA) is 46.5 Å². The van der Waals surface area contributed by atoms with E-state index in [9.17, 15) is 31.1 Å². The van der Waals surface area contributed by atoms with Gasteiger partial charge in [0.05, 0.1) is 0 Å². The van der Waals surface area contributed by atoms with E-state index in [2.05, 4.69) is 4.74 Å². The summed E-state index contributed by atoms with van der Waals surface area (Å²) in [6, 6.07) is 0. The van der Waals surface area contributed by atoms with Crippen molar-refractivity contribution in [2.45, 2.75) is 61.1 Å². The van der Waals surface area contributed by atoms with E-state index < -0.39 is 40.4 Å². The van der Waals surface area contributed by atoms with Crippen LogP contribution in [0.25, 0.3) is 0 Å². The van der Waals surface area contributed by atoms with Crippen molar-refractivity contribution in [2.24, 2.45) is 0 Å². The number of hydrogen-bond donors (Lipinski definition) is 1. The quantitative estimate of drug-likeness (QED) is 0.299. The van der Waals surface area contributed by atoms with Gasteiger partial charge in [0.1, 0.15) is 10.0 Å². The second-order valence-electron chi connectivity index (χ2n) is 4.56. The summed E-state index contributed by atoms with van der Waals surface area (Å²) in [4.78, 5) is 11.5. The van der Waals surface area contributed by atoms with Gasteiger partial charge in [0, 0.05) is 6.42 Å². The Morgan fingerprint density at radius 1 is 1.19 bits per heavy atom. The maximum Gasteiger partial charge on any atom is 0.426 e. The van der Waals surface area contributed by atoms with Gasteiger partial charge in [-0.25, -0.2) is 0 Å². The smallest absolute Gasteiger partial charge is 0.426 e. The average molecular weight is 436 g/mol. The summed E-state index contributed by atoms with van der Waals surface area (Å²) in [7, 11) is 0. The number of halogens is 7. The maximum atomic E-state index is 12.5. The molecule has 0 saturated carbocycles. The second kappa shape index (κ2) is 7.34. The van der Waals surface area contributed by atoms with Crippen LogP contribution in [0.1, 0.15) is 33.1 Å². The molecule has 1 N–H and O–H groups in total. The molecule has 0 radical (unpaired) electrons. The zero-order valence-electron chi connectivity index (χ0n) is 11.2. The van der Waals surface area contributed by atoms with Crippen molar-refractivity contribution in [1.82, 2.24) is 0 Å². The molecule has 126 valence electrons. The molecule has 0 aliphatic rings. The zero-order valence-corrected chi connectivity index (χ0v) is 13.3. The van der Waals surface area contributed by atoms with E-state index >= 15 is 0 Å². The highest BCUT2D eigenvalue weighted by Crippen LogP contribution is 2.46. The summed E-state index contributed by atoms with van der Waals surface area (Å²) >= 11 is 1.69. The SMILES string of the molecule is CCCC(I)C(=O)OC(C)CC(O)(C(F)(F)F)C(F)(F)F. The molecule has 0 spiro atoms. The molecule has 2 atom stereocenters. The van der Waals surface area contributed by atoms with Crippen molar-refractivity contribution < 1.29 is 41.0 Å². The lowest BCUT2D eigenvalue weighted by atomic mass is 9.95. The summed E-state index contributed by atoms with van der Waals surface area (Å²) in [5, 5.41) is 8.97. The van der Waals surface area contributed by atoms with Crippen LogP contribution in [0.3, 0.4) is 0 Å². The van der Waals surface area contributed by atoms with Crippen LogP contribution in [-0.4, -0.2) is 39.1 Å². The van der Waals surface area contributed by atoms with Gasteiger partial charge in [0.15, 0.2) is 0 Å². The summed E-state index contributed by atoms with van der Waals surface area (Å²) in [5.41, 5.74) is -4.91. The Bertz CT molecular complexity index is 341. The number of carbonyl (C=O) groups excluding carboxylic acids is 1. The van der Waals surface area contributed by atoms with Crippen LogP contribution in [0.4, 0.5) is 26.3 Å². The minimum atomic E-state index is -5.92. The van der Waals surface area contributed by atoms with Crippen molar-refractivity contribution in [3.8, 4) is 0 Å². The largest absolute Gasteiger partial charge is 0.462 e. The number of aliphatic hydroxyl groups is 1. The molecule has 0 heterocycles. The Kier molecular flexibility index (Phi) is 7.25. The third kappa shape index (κ3) is 5.46. The fourth-order valence-corrected chi connectivity index (χ4v) is 2.26. The molecular formula is C11H15F6IO3. The standard InChI is InChI=1S/C11H15F6IO3/c1-3-4-7(18)8(19)21-6(2)5-9(20,10(12,13)14)11(15,16)17/h6-7,20H,3-5H2,1-2H3. The number of hydrogen-bond acceptors (Lipinski definition) is 3. The Hall–Kier alpha value is -0.260. The Morgan fingerprint density at radius 2 is 1.62 bits per heavy atom. The summed E-state index contributed by atoms with van der Waals surface area (Å²) in [6.07, 6.45) is -14.4. The number of ether oxygens (including phenoxy) is 1. The minimum Gasteiger partial charge on any atom is -0.462 e. The Balaban J connectivity index is 4.94. The first kappa shape index (κ1) is 20.7. The predicted molar refractivity (Wildman–Crippen MR) is 69.9 cm³/mol. The predicted octanol–water partition coefficient (Wildman–Crippen LogP) is 3.77. The molecule has 0 amide bonds. The fourth-order valence-electron chi connectivity index (χ4n) is 1.49. The van der Waals surface area contributed by atoms with Gasteiger partial charge in [-0.1, -0.05) is 35.9 Å². The molecule has 0 aliphatic carbocycles. The first-order chi connectivity index (χ1) is 9.26. The van der Waals surface area contributed by atoms with E-state index in [-0.39, 0.29) is 0 Å². The van der Waals surface area contributed by atoms with E-state index in [1.807, 2.05) is 0 Å². The van der Waals surface area contributed by atoms with Gasteiger partial charge >= 0.3 is 18.3 Å². The maximum absolute atomic E-state index is 12.5. The van der Waals surface area contributed by atoms with E-state index in [0.29, 0.717) is 12.8 Å². The molecule has 0 bridgehead atoms. The molecule has 3 nitrogen and oxygen atoms in total. The van der Waals surface area contributed by atoms with E-state index in [1.165, 1.54) is 0 Å². The van der Waals surface area contributed by atoms with Gasteiger partial charge in [0.25, 0.3) is 5.60 Å². The number of alkyl halides is 7. The van der Waals surface area contributed by atoms with Gasteiger partial charge in [-0.05, 0) is 13.3 Å². The highest BCUT2D eigenvalue weighted by atomic mass is 127. The fraction of sp³-hybridized carbons (Fsp3) is 0.909. The summed E-state index contributed by atoms with van der Waals surface area (Å²) in [6.45, 7) is 2.63. The van der Waals surface area contributed by atoms with Crippen LogP contribution in [0, 0.1) is 0 Å². The molecule has 10 heteroatoms. The van der Waals surface area contributed by atoms with Crippen molar-refractivity contribution in [3.63, 3.8) is 0 Å². The molecule has 21 heavy (non-hydrogen) atoms. The van der Waals surface area contributed by atoms with Gasteiger partial charge < -0.3 is 9.84 Å². The number of rotatable bonds is 6. The normalized spacial score (nSPS) is 16.5. The highest BCUT2D eigenvalue weighted by Gasteiger charge is 2.70. The van der Waals surface area contributed by atoms with Gasteiger partial charge in [-0.15, -0.1) is 0 Å². The van der Waals surface area contributed by atoms with E-state index in [1.54, 1.807) is 29.5 Å². The molecule has 0 aromatic carbocycles. The summed E-state index contributed by atoms with van der Waals surface area (Å²) < 4.78 is 78.7. The molecule has 0 aromatic heterocycles. The monoisotopic (exact) mass is 436 g/mol. The highest BCUT2D eigenvalue weighted by molar-refractivity contribution is 14.1. The van der Waals surface area contributed by atoms with Gasteiger partial charge in [-0.2, -0.15) is 26.3 Å². The van der Waals surface area contributed by atoms with Crippen LogP contribution < -0.4 is 0 Å². The van der Waals surface area contributed by atoms with E-state index in [4.69, 9.17) is 5.11 Å². The van der Waals surface area contributed by atoms with Crippen LogP contribution in [0.5, 0.6) is 0 Å². The van der Waals surface area contributed by atoms with E-state index in [0.717, 1.165) is 6.92 Å². The molecule has 0 fully saturated rings. The van der Waals surface area contributed by atoms with Gasteiger partial charge in [0.2, 0.25) is 0 Å². The Labute approximate surface area is 131 Å². The van der Waals surface area contributed by atoms with Crippen LogP contribution in [0.2, 0.25) is 0 Å². The molecule has 2 unspecified atom stereocenters. The van der Waals surface area contributed by atoms with Crippen LogP contribution in [0.15, 0.2) is 0 Å².